The second-order valence-electron chi connectivity index (χ2n) is 7.99. The van der Waals surface area contributed by atoms with Crippen molar-refractivity contribution < 1.29 is 14.6 Å². The Morgan fingerprint density at radius 1 is 1.36 bits per heavy atom. The van der Waals surface area contributed by atoms with Crippen molar-refractivity contribution in [2.75, 3.05) is 6.61 Å². The number of hydrogen-bond acceptors (Lipinski definition) is 4. The van der Waals surface area contributed by atoms with Crippen LogP contribution in [0.25, 0.3) is 0 Å². The van der Waals surface area contributed by atoms with Gasteiger partial charge in [-0.25, -0.2) is 4.79 Å². The third kappa shape index (κ3) is 4.59. The lowest BCUT2D eigenvalue weighted by Gasteiger charge is -2.32. The van der Waals surface area contributed by atoms with Crippen molar-refractivity contribution in [1.82, 2.24) is 10.6 Å². The van der Waals surface area contributed by atoms with E-state index in [2.05, 4.69) is 17.6 Å². The van der Waals surface area contributed by atoms with Gasteiger partial charge in [0.15, 0.2) is 0 Å². The van der Waals surface area contributed by atoms with Crippen LogP contribution in [0.5, 0.6) is 0 Å². The van der Waals surface area contributed by atoms with Crippen molar-refractivity contribution in [1.29, 1.82) is 0 Å². The molecule has 2 fully saturated rings. The summed E-state index contributed by atoms with van der Waals surface area (Å²) in [5.74, 6) is 0. The molecule has 0 aromatic heterocycles. The van der Waals surface area contributed by atoms with E-state index in [0.717, 1.165) is 38.5 Å². The van der Waals surface area contributed by atoms with Crippen LogP contribution in [0.3, 0.4) is 0 Å². The van der Waals surface area contributed by atoms with Gasteiger partial charge < -0.3 is 20.5 Å². The maximum atomic E-state index is 11.8. The number of aliphatic hydroxyl groups is 1. The fraction of sp³-hybridized carbons (Fsp3) is 0.941. The minimum atomic E-state index is -0.437. The molecule has 5 heteroatoms. The van der Waals surface area contributed by atoms with Crippen LogP contribution < -0.4 is 10.6 Å². The molecule has 3 N–H and O–H groups in total. The molecule has 1 unspecified atom stereocenters. The summed E-state index contributed by atoms with van der Waals surface area (Å²) >= 11 is 0. The monoisotopic (exact) mass is 312 g/mol. The van der Waals surface area contributed by atoms with Gasteiger partial charge in [0.1, 0.15) is 5.60 Å². The molecule has 1 amide bonds. The molecular formula is C17H32N2O3. The fourth-order valence-electron chi connectivity index (χ4n) is 3.55. The molecule has 2 aliphatic rings. The van der Waals surface area contributed by atoms with Crippen LogP contribution in [0.1, 0.15) is 66.2 Å². The van der Waals surface area contributed by atoms with Gasteiger partial charge in [-0.2, -0.15) is 0 Å². The number of ether oxygens (including phenoxy) is 1. The lowest BCUT2D eigenvalue weighted by molar-refractivity contribution is 0.0511. The van der Waals surface area contributed by atoms with E-state index in [1.54, 1.807) is 0 Å². The first kappa shape index (κ1) is 17.5. The van der Waals surface area contributed by atoms with Crippen molar-refractivity contribution in [3.63, 3.8) is 0 Å². The maximum absolute atomic E-state index is 11.8. The van der Waals surface area contributed by atoms with Crippen LogP contribution >= 0.6 is 0 Å². The number of carbonyl (C=O) groups is 1. The minimum Gasteiger partial charge on any atom is -0.444 e. The van der Waals surface area contributed by atoms with Crippen molar-refractivity contribution in [2.24, 2.45) is 5.41 Å². The van der Waals surface area contributed by atoms with E-state index in [1.807, 2.05) is 20.8 Å². The number of amides is 1. The highest BCUT2D eigenvalue weighted by Gasteiger charge is 2.56. The molecule has 2 saturated carbocycles. The first-order valence-corrected chi connectivity index (χ1v) is 8.64. The van der Waals surface area contributed by atoms with Gasteiger partial charge in [0.2, 0.25) is 0 Å². The van der Waals surface area contributed by atoms with Crippen molar-refractivity contribution in [3.05, 3.63) is 0 Å². The van der Waals surface area contributed by atoms with E-state index >= 15 is 0 Å². The van der Waals surface area contributed by atoms with Gasteiger partial charge in [-0.3, -0.25) is 0 Å². The summed E-state index contributed by atoms with van der Waals surface area (Å²) in [5.41, 5.74) is -0.136. The number of rotatable bonds is 5. The lowest BCUT2D eigenvalue weighted by Crippen LogP contribution is -2.43. The average Bonchev–Trinajstić information content (AvgIpc) is 3.08. The summed E-state index contributed by atoms with van der Waals surface area (Å²) in [4.78, 5) is 11.8. The van der Waals surface area contributed by atoms with E-state index in [0.29, 0.717) is 11.5 Å². The third-order valence-electron chi connectivity index (χ3n) is 5.05. The quantitative estimate of drug-likeness (QED) is 0.730. The zero-order valence-corrected chi connectivity index (χ0v) is 14.4. The number of hydrogen-bond donors (Lipinski definition) is 3. The van der Waals surface area contributed by atoms with E-state index in [1.165, 1.54) is 0 Å². The summed E-state index contributed by atoms with van der Waals surface area (Å²) in [6.45, 7) is 7.97. The van der Waals surface area contributed by atoms with Gasteiger partial charge in [0.25, 0.3) is 0 Å². The number of carbonyl (C=O) groups excluding carboxylic acids is 1. The standard InChI is InChI=1S/C17H32N2O3/c1-5-12(11-20)18-13-6-8-17(9-7-13)10-14(17)19-15(21)22-16(2,3)4/h12-14,18,20H,5-11H2,1-4H3,(H,19,21)/t12-,13?,14?,17?/m1/s1. The Bertz CT molecular complexity index is 380. The molecule has 2 atom stereocenters. The van der Waals surface area contributed by atoms with Gasteiger partial charge in [0, 0.05) is 18.1 Å². The Morgan fingerprint density at radius 2 is 2.00 bits per heavy atom. The molecule has 0 aromatic carbocycles. The topological polar surface area (TPSA) is 70.6 Å². The molecule has 0 radical (unpaired) electrons. The van der Waals surface area contributed by atoms with E-state index < -0.39 is 5.60 Å². The molecule has 22 heavy (non-hydrogen) atoms. The molecule has 128 valence electrons. The molecule has 0 bridgehead atoms. The Kier molecular flexibility index (Phi) is 5.38. The predicted octanol–water partition coefficient (Wildman–Crippen LogP) is 2.57. The lowest BCUT2D eigenvalue weighted by atomic mass is 9.82. The van der Waals surface area contributed by atoms with Crippen molar-refractivity contribution >= 4 is 6.09 Å². The maximum Gasteiger partial charge on any atom is 0.407 e. The fourth-order valence-corrected chi connectivity index (χ4v) is 3.55. The zero-order chi connectivity index (χ0) is 16.4. The van der Waals surface area contributed by atoms with Crippen LogP contribution in [0.15, 0.2) is 0 Å². The predicted molar refractivity (Wildman–Crippen MR) is 86.8 cm³/mol. The van der Waals surface area contributed by atoms with E-state index in [4.69, 9.17) is 4.74 Å². The molecule has 0 aliphatic heterocycles. The first-order chi connectivity index (χ1) is 10.3. The Balaban J connectivity index is 1.73. The minimum absolute atomic E-state index is 0.209. The number of nitrogens with one attached hydrogen (secondary N) is 2. The van der Waals surface area contributed by atoms with Crippen molar-refractivity contribution in [3.8, 4) is 0 Å². The highest BCUT2D eigenvalue weighted by Crippen LogP contribution is 2.56. The highest BCUT2D eigenvalue weighted by molar-refractivity contribution is 5.68. The Hall–Kier alpha value is -0.810. The van der Waals surface area contributed by atoms with Crippen LogP contribution in [0, 0.1) is 5.41 Å². The van der Waals surface area contributed by atoms with E-state index in [-0.39, 0.29) is 24.8 Å². The Labute approximate surface area is 134 Å². The van der Waals surface area contributed by atoms with Gasteiger partial charge in [-0.05, 0) is 64.7 Å². The summed E-state index contributed by atoms with van der Waals surface area (Å²) < 4.78 is 5.34. The van der Waals surface area contributed by atoms with Crippen molar-refractivity contribution in [2.45, 2.75) is 89.9 Å². The summed E-state index contributed by atoms with van der Waals surface area (Å²) in [6, 6.07) is 1.00. The molecule has 0 aromatic rings. The molecule has 0 saturated heterocycles. The molecule has 0 heterocycles. The zero-order valence-electron chi connectivity index (χ0n) is 14.4. The highest BCUT2D eigenvalue weighted by atomic mass is 16.6. The normalized spacial score (nSPS) is 32.6. The van der Waals surface area contributed by atoms with Gasteiger partial charge >= 0.3 is 6.09 Å². The van der Waals surface area contributed by atoms with E-state index in [9.17, 15) is 9.90 Å². The molecule has 2 aliphatic carbocycles. The van der Waals surface area contributed by atoms with Crippen LogP contribution in [-0.2, 0) is 4.74 Å². The second-order valence-corrected chi connectivity index (χ2v) is 7.99. The van der Waals surface area contributed by atoms with Gasteiger partial charge in [0.05, 0.1) is 6.61 Å². The SMILES string of the molecule is CC[C@H](CO)NC1CCC2(CC1)CC2NC(=O)OC(C)(C)C. The van der Waals surface area contributed by atoms with Gasteiger partial charge in [-0.1, -0.05) is 6.92 Å². The number of alkyl carbamates (subject to hydrolysis) is 1. The van der Waals surface area contributed by atoms with Crippen LogP contribution in [0.4, 0.5) is 4.79 Å². The molecule has 1 spiro atoms. The first-order valence-electron chi connectivity index (χ1n) is 8.64. The second kappa shape index (κ2) is 6.75. The summed E-state index contributed by atoms with van der Waals surface area (Å²) in [5, 5.41) is 15.9. The Morgan fingerprint density at radius 3 is 2.50 bits per heavy atom. The summed E-state index contributed by atoms with van der Waals surface area (Å²) in [7, 11) is 0. The van der Waals surface area contributed by atoms with Gasteiger partial charge in [-0.15, -0.1) is 0 Å². The number of aliphatic hydroxyl groups excluding tert-OH is 1. The smallest absolute Gasteiger partial charge is 0.407 e. The largest absolute Gasteiger partial charge is 0.444 e. The molecule has 2 rings (SSSR count). The third-order valence-corrected chi connectivity index (χ3v) is 5.05. The molecular weight excluding hydrogens is 280 g/mol. The van der Waals surface area contributed by atoms with Crippen LogP contribution in [0.2, 0.25) is 0 Å². The average molecular weight is 312 g/mol. The van der Waals surface area contributed by atoms with Crippen LogP contribution in [-0.4, -0.2) is 41.5 Å². The molecule has 5 nitrogen and oxygen atoms in total. The summed E-state index contributed by atoms with van der Waals surface area (Å²) in [6.07, 6.45) is 6.30.